The molecule has 1 atom stereocenters. The number of nitrogens with one attached hydrogen (secondary N) is 1. The largest absolute Gasteiger partial charge is 0.285 e. The van der Waals surface area contributed by atoms with E-state index < -0.39 is 15.4 Å². The molecule has 1 saturated carbocycles. The minimum absolute atomic E-state index is 0.206. The van der Waals surface area contributed by atoms with Gasteiger partial charge in [0.15, 0.2) is 0 Å². The zero-order chi connectivity index (χ0) is 11.3. The predicted octanol–water partition coefficient (Wildman–Crippen LogP) is 1.97. The van der Waals surface area contributed by atoms with Gasteiger partial charge in [0.05, 0.1) is 5.25 Å². The first-order chi connectivity index (χ1) is 7.06. The van der Waals surface area contributed by atoms with Gasteiger partial charge in [-0.15, -0.1) is 0 Å². The van der Waals surface area contributed by atoms with Gasteiger partial charge in [-0.1, -0.05) is 26.2 Å². The highest BCUT2D eigenvalue weighted by Crippen LogP contribution is 2.18. The maximum atomic E-state index is 11.5. The topological polar surface area (TPSA) is 55.4 Å². The first-order valence-corrected chi connectivity index (χ1v) is 7.21. The molecular formula is C10H21NO3S. The lowest BCUT2D eigenvalue weighted by molar-refractivity contribution is 0.138. The Balaban J connectivity index is 2.35. The van der Waals surface area contributed by atoms with Crippen LogP contribution in [0.15, 0.2) is 0 Å². The summed E-state index contributed by atoms with van der Waals surface area (Å²) in [5, 5.41) is -0.436. The second-order valence-electron chi connectivity index (χ2n) is 4.25. The van der Waals surface area contributed by atoms with Crippen molar-refractivity contribution in [1.29, 1.82) is 0 Å². The highest BCUT2D eigenvalue weighted by molar-refractivity contribution is 7.87. The first kappa shape index (κ1) is 12.9. The SMILES string of the molecule is CCC(C)S(=O)(=O)ONC1CCCCC1. The minimum Gasteiger partial charge on any atom is -0.198 e. The van der Waals surface area contributed by atoms with Crippen LogP contribution in [0.5, 0.6) is 0 Å². The Bertz CT molecular complexity index is 270. The summed E-state index contributed by atoms with van der Waals surface area (Å²) < 4.78 is 27.9. The third-order valence-corrected chi connectivity index (χ3v) is 4.65. The van der Waals surface area contributed by atoms with Gasteiger partial charge in [0.1, 0.15) is 0 Å². The Hall–Kier alpha value is -0.130. The van der Waals surface area contributed by atoms with Crippen LogP contribution < -0.4 is 5.48 Å². The van der Waals surface area contributed by atoms with Gasteiger partial charge >= 0.3 is 0 Å². The summed E-state index contributed by atoms with van der Waals surface area (Å²) in [6, 6.07) is 0.206. The second-order valence-corrected chi connectivity index (χ2v) is 6.20. The van der Waals surface area contributed by atoms with E-state index in [4.69, 9.17) is 4.28 Å². The van der Waals surface area contributed by atoms with Gasteiger partial charge in [-0.3, -0.25) is 0 Å². The van der Waals surface area contributed by atoms with Crippen molar-refractivity contribution in [2.24, 2.45) is 0 Å². The monoisotopic (exact) mass is 235 g/mol. The third-order valence-electron chi connectivity index (χ3n) is 3.00. The Kier molecular flexibility index (Phi) is 5.02. The van der Waals surface area contributed by atoms with Crippen LogP contribution in [0.1, 0.15) is 52.4 Å². The zero-order valence-corrected chi connectivity index (χ0v) is 10.3. The number of hydroxylamine groups is 1. The predicted molar refractivity (Wildman–Crippen MR) is 59.8 cm³/mol. The molecule has 1 unspecified atom stereocenters. The summed E-state index contributed by atoms with van der Waals surface area (Å²) >= 11 is 0. The van der Waals surface area contributed by atoms with E-state index in [1.807, 2.05) is 6.92 Å². The van der Waals surface area contributed by atoms with E-state index in [1.54, 1.807) is 6.92 Å². The van der Waals surface area contributed by atoms with Crippen LogP contribution in [-0.2, 0) is 14.4 Å². The Labute approximate surface area is 92.5 Å². The molecule has 0 bridgehead atoms. The maximum absolute atomic E-state index is 11.5. The highest BCUT2D eigenvalue weighted by atomic mass is 32.2. The van der Waals surface area contributed by atoms with Crippen molar-refractivity contribution >= 4 is 10.1 Å². The number of hydrogen-bond donors (Lipinski definition) is 1. The molecule has 0 heterocycles. The Morgan fingerprint density at radius 1 is 1.33 bits per heavy atom. The van der Waals surface area contributed by atoms with E-state index in [-0.39, 0.29) is 6.04 Å². The van der Waals surface area contributed by atoms with Crippen molar-refractivity contribution in [1.82, 2.24) is 5.48 Å². The van der Waals surface area contributed by atoms with Gasteiger partial charge in [-0.25, -0.2) is 0 Å². The van der Waals surface area contributed by atoms with E-state index in [0.717, 1.165) is 25.7 Å². The van der Waals surface area contributed by atoms with Crippen LogP contribution in [-0.4, -0.2) is 19.7 Å². The first-order valence-electron chi connectivity index (χ1n) is 5.74. The van der Waals surface area contributed by atoms with Crippen LogP contribution in [0, 0.1) is 0 Å². The lowest BCUT2D eigenvalue weighted by Crippen LogP contribution is -2.35. The minimum atomic E-state index is -3.42. The number of hydrogen-bond acceptors (Lipinski definition) is 4. The van der Waals surface area contributed by atoms with Crippen molar-refractivity contribution in [3.8, 4) is 0 Å². The summed E-state index contributed by atoms with van der Waals surface area (Å²) in [6.45, 7) is 3.50. The fourth-order valence-corrected chi connectivity index (χ4v) is 2.48. The Morgan fingerprint density at radius 3 is 2.47 bits per heavy atom. The van der Waals surface area contributed by atoms with Gasteiger partial charge in [-0.05, 0) is 26.2 Å². The van der Waals surface area contributed by atoms with Crippen LogP contribution in [0.25, 0.3) is 0 Å². The quantitative estimate of drug-likeness (QED) is 0.740. The normalized spacial score (nSPS) is 21.5. The molecule has 1 fully saturated rings. The molecule has 1 N–H and O–H groups in total. The second kappa shape index (κ2) is 5.82. The average Bonchev–Trinajstić information content (AvgIpc) is 2.27. The summed E-state index contributed by atoms with van der Waals surface area (Å²) in [5.41, 5.74) is 2.69. The molecular weight excluding hydrogens is 214 g/mol. The molecule has 0 saturated heterocycles. The molecule has 1 aliphatic rings. The van der Waals surface area contributed by atoms with Crippen molar-refractivity contribution in [3.05, 3.63) is 0 Å². The van der Waals surface area contributed by atoms with Gasteiger partial charge < -0.3 is 0 Å². The zero-order valence-electron chi connectivity index (χ0n) is 9.53. The van der Waals surface area contributed by atoms with E-state index in [9.17, 15) is 8.42 Å². The van der Waals surface area contributed by atoms with Crippen molar-refractivity contribution in [2.45, 2.75) is 63.7 Å². The lowest BCUT2D eigenvalue weighted by Gasteiger charge is -2.22. The van der Waals surface area contributed by atoms with Gasteiger partial charge in [0.2, 0.25) is 0 Å². The lowest BCUT2D eigenvalue weighted by atomic mass is 9.96. The Morgan fingerprint density at radius 2 is 1.93 bits per heavy atom. The molecule has 5 heteroatoms. The molecule has 0 radical (unpaired) electrons. The van der Waals surface area contributed by atoms with Crippen molar-refractivity contribution < 1.29 is 12.7 Å². The molecule has 0 aromatic rings. The summed E-state index contributed by atoms with van der Waals surface area (Å²) in [4.78, 5) is 0. The van der Waals surface area contributed by atoms with Crippen molar-refractivity contribution in [2.75, 3.05) is 0 Å². The van der Waals surface area contributed by atoms with Crippen LogP contribution >= 0.6 is 0 Å². The molecule has 0 spiro atoms. The molecule has 0 aromatic heterocycles. The van der Waals surface area contributed by atoms with Crippen molar-refractivity contribution in [3.63, 3.8) is 0 Å². The third kappa shape index (κ3) is 4.09. The molecule has 0 aliphatic heterocycles. The van der Waals surface area contributed by atoms with E-state index in [0.29, 0.717) is 6.42 Å². The molecule has 1 rings (SSSR count). The van der Waals surface area contributed by atoms with Gasteiger partial charge in [0, 0.05) is 6.04 Å². The van der Waals surface area contributed by atoms with Crippen LogP contribution in [0.2, 0.25) is 0 Å². The molecule has 0 amide bonds. The molecule has 90 valence electrons. The number of rotatable bonds is 5. The fourth-order valence-electron chi connectivity index (χ4n) is 1.64. The molecule has 0 aromatic carbocycles. The standard InChI is InChI=1S/C10H21NO3S/c1-3-9(2)15(12,13)14-11-10-7-5-4-6-8-10/h9-11H,3-8H2,1-2H3. The maximum Gasteiger partial charge on any atom is 0.285 e. The van der Waals surface area contributed by atoms with Crippen LogP contribution in [0.4, 0.5) is 0 Å². The smallest absolute Gasteiger partial charge is 0.198 e. The van der Waals surface area contributed by atoms with Gasteiger partial charge in [0.25, 0.3) is 10.1 Å². The average molecular weight is 235 g/mol. The van der Waals surface area contributed by atoms with Gasteiger partial charge in [-0.2, -0.15) is 18.2 Å². The molecule has 15 heavy (non-hydrogen) atoms. The fraction of sp³-hybridized carbons (Fsp3) is 1.00. The summed E-state index contributed by atoms with van der Waals surface area (Å²) in [6.07, 6.45) is 6.16. The summed E-state index contributed by atoms with van der Waals surface area (Å²) in [7, 11) is -3.42. The van der Waals surface area contributed by atoms with E-state index in [2.05, 4.69) is 5.48 Å². The highest BCUT2D eigenvalue weighted by Gasteiger charge is 2.22. The summed E-state index contributed by atoms with van der Waals surface area (Å²) in [5.74, 6) is 0. The van der Waals surface area contributed by atoms with E-state index in [1.165, 1.54) is 6.42 Å². The van der Waals surface area contributed by atoms with E-state index >= 15 is 0 Å². The molecule has 4 nitrogen and oxygen atoms in total. The van der Waals surface area contributed by atoms with Crippen LogP contribution in [0.3, 0.4) is 0 Å². The molecule has 1 aliphatic carbocycles.